The molecule has 2 rings (SSSR count). The predicted octanol–water partition coefficient (Wildman–Crippen LogP) is 1.08. The Labute approximate surface area is 94.4 Å². The molecule has 0 amide bonds. The van der Waals surface area contributed by atoms with Crippen LogP contribution in [0.5, 0.6) is 0 Å². The predicted molar refractivity (Wildman–Crippen MR) is 56.9 cm³/mol. The quantitative estimate of drug-likeness (QED) is 0.823. The molecule has 82 valence electrons. The third-order valence-electron chi connectivity index (χ3n) is 1.62. The summed E-state index contributed by atoms with van der Waals surface area (Å²) < 4.78 is 3.97. The van der Waals surface area contributed by atoms with Gasteiger partial charge in [-0.3, -0.25) is 4.98 Å². The second-order valence-electron chi connectivity index (χ2n) is 2.87. The van der Waals surface area contributed by atoms with Crippen LogP contribution in [0, 0.1) is 6.92 Å². The first-order valence-electron chi connectivity index (χ1n) is 4.28. The van der Waals surface area contributed by atoms with E-state index in [4.69, 9.17) is 5.11 Å². The lowest BCUT2D eigenvalue weighted by Gasteiger charge is -2.00. The van der Waals surface area contributed by atoms with Crippen molar-refractivity contribution in [1.82, 2.24) is 19.3 Å². The maximum Gasteiger partial charge on any atom is 0.356 e. The molecule has 2 heterocycles. The Balaban J connectivity index is 2.21. The number of carboxylic acids is 1. The van der Waals surface area contributed by atoms with Crippen LogP contribution < -0.4 is 5.32 Å². The van der Waals surface area contributed by atoms with Crippen molar-refractivity contribution in [3.05, 3.63) is 23.9 Å². The largest absolute Gasteiger partial charge is 0.476 e. The fourth-order valence-electron chi connectivity index (χ4n) is 0.987. The van der Waals surface area contributed by atoms with Crippen molar-refractivity contribution >= 4 is 28.5 Å². The molecule has 0 unspecified atom stereocenters. The molecule has 0 spiro atoms. The van der Waals surface area contributed by atoms with E-state index in [1.807, 2.05) is 0 Å². The first-order valence-corrected chi connectivity index (χ1v) is 5.05. The van der Waals surface area contributed by atoms with Crippen LogP contribution in [0.3, 0.4) is 0 Å². The molecule has 7 nitrogen and oxygen atoms in total. The molecule has 16 heavy (non-hydrogen) atoms. The van der Waals surface area contributed by atoms with Crippen molar-refractivity contribution in [2.24, 2.45) is 0 Å². The minimum atomic E-state index is -1.12. The number of carbonyl (C=O) groups is 1. The summed E-state index contributed by atoms with van der Waals surface area (Å²) in [6.45, 7) is 1.76. The second-order valence-corrected chi connectivity index (χ2v) is 3.62. The van der Waals surface area contributed by atoms with Crippen molar-refractivity contribution < 1.29 is 9.90 Å². The fraction of sp³-hybridized carbons (Fsp3) is 0.125. The molecule has 0 radical (unpaired) electrons. The van der Waals surface area contributed by atoms with E-state index in [2.05, 4.69) is 24.6 Å². The Morgan fingerprint density at radius 2 is 2.25 bits per heavy atom. The summed E-state index contributed by atoms with van der Waals surface area (Å²) in [5.74, 6) is -0.143. The summed E-state index contributed by atoms with van der Waals surface area (Å²) >= 11 is 1.17. The van der Waals surface area contributed by atoms with Crippen LogP contribution >= 0.6 is 11.5 Å². The van der Waals surface area contributed by atoms with E-state index in [1.54, 1.807) is 6.92 Å². The molecule has 8 heteroatoms. The Bertz CT molecular complexity index is 527. The fourth-order valence-corrected chi connectivity index (χ4v) is 1.57. The summed E-state index contributed by atoms with van der Waals surface area (Å²) in [5.41, 5.74) is -0.119. The summed E-state index contributed by atoms with van der Waals surface area (Å²) in [7, 11) is 0. The smallest absolute Gasteiger partial charge is 0.356 e. The number of hydrogen-bond donors (Lipinski definition) is 2. The summed E-state index contributed by atoms with van der Waals surface area (Å²) in [5, 5.41) is 12.1. The zero-order valence-corrected chi connectivity index (χ0v) is 9.02. The maximum atomic E-state index is 10.7. The van der Waals surface area contributed by atoms with Crippen molar-refractivity contribution in [2.45, 2.75) is 6.92 Å². The third kappa shape index (κ3) is 2.28. The lowest BCUT2D eigenvalue weighted by Crippen LogP contribution is -2.03. The van der Waals surface area contributed by atoms with Gasteiger partial charge in [0.15, 0.2) is 11.5 Å². The molecule has 2 aromatic rings. The minimum absolute atomic E-state index is 0.119. The van der Waals surface area contributed by atoms with Crippen LogP contribution in [-0.2, 0) is 0 Å². The van der Waals surface area contributed by atoms with Crippen LogP contribution in [-0.4, -0.2) is 30.4 Å². The van der Waals surface area contributed by atoms with E-state index >= 15 is 0 Å². The molecule has 0 aliphatic carbocycles. The number of hydrogen-bond acceptors (Lipinski definition) is 7. The number of rotatable bonds is 3. The lowest BCUT2D eigenvalue weighted by molar-refractivity contribution is 0.0690. The number of aryl methyl sites for hydroxylation is 1. The molecule has 0 atom stereocenters. The normalized spacial score (nSPS) is 10.1. The monoisotopic (exact) mass is 237 g/mol. The van der Waals surface area contributed by atoms with E-state index in [0.717, 1.165) is 0 Å². The van der Waals surface area contributed by atoms with Crippen LogP contribution in [0.15, 0.2) is 12.4 Å². The first-order chi connectivity index (χ1) is 7.65. The Kier molecular flexibility index (Phi) is 2.73. The molecular formula is C8H7N5O2S. The number of aromatic carboxylic acids is 1. The van der Waals surface area contributed by atoms with Crippen LogP contribution in [0.25, 0.3) is 0 Å². The van der Waals surface area contributed by atoms with Crippen molar-refractivity contribution in [2.75, 3.05) is 5.32 Å². The molecule has 2 aromatic heterocycles. The van der Waals surface area contributed by atoms with Crippen molar-refractivity contribution in [1.29, 1.82) is 0 Å². The molecule has 0 aliphatic rings. The van der Waals surface area contributed by atoms with Gasteiger partial charge in [-0.1, -0.05) is 0 Å². The highest BCUT2D eigenvalue weighted by atomic mass is 32.1. The van der Waals surface area contributed by atoms with Gasteiger partial charge in [0.25, 0.3) is 0 Å². The van der Waals surface area contributed by atoms with Gasteiger partial charge in [-0.15, -0.1) is 0 Å². The van der Waals surface area contributed by atoms with Gasteiger partial charge < -0.3 is 10.4 Å². The van der Waals surface area contributed by atoms with Gasteiger partial charge in [-0.25, -0.2) is 14.8 Å². The van der Waals surface area contributed by atoms with E-state index in [0.29, 0.717) is 16.8 Å². The molecule has 0 fully saturated rings. The average molecular weight is 237 g/mol. The van der Waals surface area contributed by atoms with Gasteiger partial charge in [-0.2, -0.15) is 4.37 Å². The van der Waals surface area contributed by atoms with E-state index in [-0.39, 0.29) is 5.69 Å². The lowest BCUT2D eigenvalue weighted by atomic mass is 10.4. The van der Waals surface area contributed by atoms with Gasteiger partial charge in [0.1, 0.15) is 5.82 Å². The van der Waals surface area contributed by atoms with E-state index in [9.17, 15) is 4.79 Å². The van der Waals surface area contributed by atoms with Crippen LogP contribution in [0.1, 0.15) is 16.3 Å². The molecule has 0 saturated carbocycles. The highest BCUT2D eigenvalue weighted by molar-refractivity contribution is 7.09. The maximum absolute atomic E-state index is 10.7. The van der Waals surface area contributed by atoms with Crippen molar-refractivity contribution in [3.63, 3.8) is 0 Å². The number of nitrogens with zero attached hydrogens (tertiary/aromatic N) is 4. The SMILES string of the molecule is Cc1nsc(Nc2cncc(C(=O)O)n2)n1. The highest BCUT2D eigenvalue weighted by Crippen LogP contribution is 2.15. The van der Waals surface area contributed by atoms with Crippen LogP contribution in [0.4, 0.5) is 10.9 Å². The van der Waals surface area contributed by atoms with E-state index < -0.39 is 5.97 Å². The van der Waals surface area contributed by atoms with Gasteiger partial charge in [-0.05, 0) is 6.92 Å². The number of nitrogens with one attached hydrogen (secondary N) is 1. The zero-order chi connectivity index (χ0) is 11.5. The number of anilines is 2. The molecular weight excluding hydrogens is 230 g/mol. The standard InChI is InChI=1S/C8H7N5O2S/c1-4-10-8(16-13-4)12-6-3-9-2-5(11-6)7(14)15/h2-3H,1H3,(H,14,15)(H,10,11,12,13). The topological polar surface area (TPSA) is 101 Å². The molecule has 0 aliphatic heterocycles. The summed E-state index contributed by atoms with van der Waals surface area (Å²) in [6, 6.07) is 0. The second kappa shape index (κ2) is 4.19. The van der Waals surface area contributed by atoms with Crippen molar-refractivity contribution in [3.8, 4) is 0 Å². The van der Waals surface area contributed by atoms with Gasteiger partial charge in [0, 0.05) is 11.5 Å². The number of aromatic nitrogens is 4. The molecule has 0 saturated heterocycles. The summed E-state index contributed by atoms with van der Waals surface area (Å²) in [6.07, 6.45) is 2.60. The van der Waals surface area contributed by atoms with Gasteiger partial charge in [0.2, 0.25) is 5.13 Å². The Morgan fingerprint density at radius 3 is 2.88 bits per heavy atom. The molecule has 2 N–H and O–H groups in total. The van der Waals surface area contributed by atoms with E-state index in [1.165, 1.54) is 23.9 Å². The van der Waals surface area contributed by atoms with Crippen LogP contribution in [0.2, 0.25) is 0 Å². The highest BCUT2D eigenvalue weighted by Gasteiger charge is 2.07. The minimum Gasteiger partial charge on any atom is -0.476 e. The Morgan fingerprint density at radius 1 is 1.44 bits per heavy atom. The number of carboxylic acid groups (broad SMARTS) is 1. The van der Waals surface area contributed by atoms with Gasteiger partial charge in [0.05, 0.1) is 12.4 Å². The zero-order valence-electron chi connectivity index (χ0n) is 8.21. The first kappa shape index (κ1) is 10.4. The third-order valence-corrected chi connectivity index (χ3v) is 2.34. The van der Waals surface area contributed by atoms with Gasteiger partial charge >= 0.3 is 5.97 Å². The molecule has 0 bridgehead atoms. The molecule has 0 aromatic carbocycles. The summed E-state index contributed by atoms with van der Waals surface area (Å²) in [4.78, 5) is 22.3. The Hall–Kier alpha value is -2.09. The average Bonchev–Trinajstić information content (AvgIpc) is 2.64.